The molecule has 1 heterocycles. The second-order valence-corrected chi connectivity index (χ2v) is 4.73. The second kappa shape index (κ2) is 6.21. The third-order valence-corrected chi connectivity index (χ3v) is 3.28. The number of carbonyl (C=O) groups is 2. The number of carboxylic acid groups (broad SMARTS) is 1. The van der Waals surface area contributed by atoms with Crippen molar-refractivity contribution in [1.29, 1.82) is 0 Å². The summed E-state index contributed by atoms with van der Waals surface area (Å²) in [7, 11) is 0. The van der Waals surface area contributed by atoms with Gasteiger partial charge in [-0.2, -0.15) is 0 Å². The van der Waals surface area contributed by atoms with Crippen molar-refractivity contribution in [2.45, 2.75) is 12.8 Å². The summed E-state index contributed by atoms with van der Waals surface area (Å²) in [6.07, 6.45) is 1.97. The van der Waals surface area contributed by atoms with Gasteiger partial charge in [0.25, 0.3) is 11.6 Å². The molecular weight excluding hydrogens is 278 g/mol. The molecule has 1 fully saturated rings. The van der Waals surface area contributed by atoms with E-state index in [0.717, 1.165) is 25.9 Å². The maximum Gasteiger partial charge on any atom is 0.322 e. The lowest BCUT2D eigenvalue weighted by molar-refractivity contribution is -0.384. The van der Waals surface area contributed by atoms with E-state index in [2.05, 4.69) is 5.32 Å². The third-order valence-electron chi connectivity index (χ3n) is 3.28. The van der Waals surface area contributed by atoms with Crippen molar-refractivity contribution < 1.29 is 19.6 Å². The summed E-state index contributed by atoms with van der Waals surface area (Å²) in [5.41, 5.74) is 0.429. The Morgan fingerprint density at radius 2 is 2.00 bits per heavy atom. The molecule has 0 unspecified atom stereocenters. The summed E-state index contributed by atoms with van der Waals surface area (Å²) < 4.78 is 0. The van der Waals surface area contributed by atoms with E-state index in [4.69, 9.17) is 5.11 Å². The predicted octanol–water partition coefficient (Wildman–Crippen LogP) is 1.01. The van der Waals surface area contributed by atoms with Gasteiger partial charge in [-0.3, -0.25) is 19.7 Å². The SMILES string of the molecule is O=C(O)CNC(=O)c1ccc(N2CCCC2)c([N+](=O)[O-])c1. The molecule has 0 aliphatic carbocycles. The van der Waals surface area contributed by atoms with Crippen LogP contribution < -0.4 is 10.2 Å². The van der Waals surface area contributed by atoms with E-state index in [-0.39, 0.29) is 11.3 Å². The van der Waals surface area contributed by atoms with Crippen molar-refractivity contribution in [3.8, 4) is 0 Å². The molecule has 0 radical (unpaired) electrons. The summed E-state index contributed by atoms with van der Waals surface area (Å²) in [6.45, 7) is 0.983. The van der Waals surface area contributed by atoms with Crippen LogP contribution >= 0.6 is 0 Å². The largest absolute Gasteiger partial charge is 0.480 e. The van der Waals surface area contributed by atoms with E-state index in [1.54, 1.807) is 6.07 Å². The van der Waals surface area contributed by atoms with Crippen LogP contribution in [0.25, 0.3) is 0 Å². The smallest absolute Gasteiger partial charge is 0.322 e. The number of nitrogens with zero attached hydrogens (tertiary/aromatic N) is 2. The topological polar surface area (TPSA) is 113 Å². The molecule has 0 saturated carbocycles. The van der Waals surface area contributed by atoms with E-state index >= 15 is 0 Å². The van der Waals surface area contributed by atoms with Crippen LogP contribution in [0.2, 0.25) is 0 Å². The molecule has 8 nitrogen and oxygen atoms in total. The van der Waals surface area contributed by atoms with Crippen LogP contribution in [-0.4, -0.2) is 41.5 Å². The fraction of sp³-hybridized carbons (Fsp3) is 0.385. The Hall–Kier alpha value is -2.64. The van der Waals surface area contributed by atoms with Gasteiger partial charge < -0.3 is 15.3 Å². The molecule has 0 atom stereocenters. The molecule has 112 valence electrons. The Kier molecular flexibility index (Phi) is 4.36. The number of hydrogen-bond donors (Lipinski definition) is 2. The summed E-state index contributed by atoms with van der Waals surface area (Å²) in [4.78, 5) is 34.7. The van der Waals surface area contributed by atoms with Crippen molar-refractivity contribution in [2.24, 2.45) is 0 Å². The minimum atomic E-state index is -1.17. The lowest BCUT2D eigenvalue weighted by Gasteiger charge is -2.17. The summed E-state index contributed by atoms with van der Waals surface area (Å²) in [5.74, 6) is -1.82. The fourth-order valence-corrected chi connectivity index (χ4v) is 2.29. The van der Waals surface area contributed by atoms with Gasteiger partial charge in [-0.1, -0.05) is 0 Å². The van der Waals surface area contributed by atoms with E-state index in [1.807, 2.05) is 4.90 Å². The van der Waals surface area contributed by atoms with E-state index in [0.29, 0.717) is 5.69 Å². The number of carboxylic acids is 1. The zero-order valence-electron chi connectivity index (χ0n) is 11.2. The Bertz CT molecular complexity index is 581. The molecule has 8 heteroatoms. The number of rotatable bonds is 5. The Labute approximate surface area is 120 Å². The maximum atomic E-state index is 11.7. The lowest BCUT2D eigenvalue weighted by atomic mass is 10.1. The first kappa shape index (κ1) is 14.8. The van der Waals surface area contributed by atoms with E-state index < -0.39 is 23.3 Å². The van der Waals surface area contributed by atoms with E-state index in [1.165, 1.54) is 12.1 Å². The molecule has 2 N–H and O–H groups in total. The maximum absolute atomic E-state index is 11.7. The van der Waals surface area contributed by atoms with Gasteiger partial charge >= 0.3 is 5.97 Å². The molecule has 2 rings (SSSR count). The average Bonchev–Trinajstić information content (AvgIpc) is 2.98. The Morgan fingerprint density at radius 1 is 1.33 bits per heavy atom. The summed E-state index contributed by atoms with van der Waals surface area (Å²) in [5, 5.41) is 21.9. The number of nitro groups is 1. The highest BCUT2D eigenvalue weighted by atomic mass is 16.6. The van der Waals surface area contributed by atoms with Crippen LogP contribution in [0, 0.1) is 10.1 Å². The monoisotopic (exact) mass is 293 g/mol. The zero-order valence-corrected chi connectivity index (χ0v) is 11.2. The zero-order chi connectivity index (χ0) is 15.4. The minimum Gasteiger partial charge on any atom is -0.480 e. The van der Waals surface area contributed by atoms with Gasteiger partial charge in [0.05, 0.1) is 4.92 Å². The van der Waals surface area contributed by atoms with Crippen molar-refractivity contribution in [2.75, 3.05) is 24.5 Å². The number of aliphatic carboxylic acids is 1. The number of benzene rings is 1. The lowest BCUT2D eigenvalue weighted by Crippen LogP contribution is -2.29. The number of hydrogen-bond acceptors (Lipinski definition) is 5. The Balaban J connectivity index is 2.25. The molecule has 21 heavy (non-hydrogen) atoms. The molecule has 0 bridgehead atoms. The van der Waals surface area contributed by atoms with Gasteiger partial charge in [0.2, 0.25) is 0 Å². The third kappa shape index (κ3) is 3.47. The standard InChI is InChI=1S/C13H15N3O5/c17-12(18)8-14-13(19)9-3-4-10(11(7-9)16(20)21)15-5-1-2-6-15/h3-4,7H,1-2,5-6,8H2,(H,14,19)(H,17,18). The van der Waals surface area contributed by atoms with Crippen LogP contribution in [-0.2, 0) is 4.79 Å². The van der Waals surface area contributed by atoms with Crippen molar-refractivity contribution in [3.63, 3.8) is 0 Å². The summed E-state index contributed by atoms with van der Waals surface area (Å²) >= 11 is 0. The molecule has 1 aromatic carbocycles. The molecule has 1 aliphatic rings. The number of amides is 1. The number of carbonyl (C=O) groups excluding carboxylic acids is 1. The minimum absolute atomic E-state index is 0.0749. The van der Waals surface area contributed by atoms with Crippen molar-refractivity contribution in [1.82, 2.24) is 5.32 Å². The van der Waals surface area contributed by atoms with Crippen LogP contribution in [0.3, 0.4) is 0 Å². The van der Waals surface area contributed by atoms with Gasteiger partial charge in [0, 0.05) is 24.7 Å². The average molecular weight is 293 g/mol. The Morgan fingerprint density at radius 3 is 2.57 bits per heavy atom. The van der Waals surface area contributed by atoms with Crippen LogP contribution in [0.15, 0.2) is 18.2 Å². The number of nitrogens with one attached hydrogen (secondary N) is 1. The van der Waals surface area contributed by atoms with Gasteiger partial charge in [0.15, 0.2) is 0 Å². The molecule has 0 aromatic heterocycles. The number of anilines is 1. The van der Waals surface area contributed by atoms with Crippen molar-refractivity contribution >= 4 is 23.3 Å². The highest BCUT2D eigenvalue weighted by Crippen LogP contribution is 2.31. The van der Waals surface area contributed by atoms with Gasteiger partial charge in [-0.15, -0.1) is 0 Å². The quantitative estimate of drug-likeness (QED) is 0.618. The predicted molar refractivity (Wildman–Crippen MR) is 74.5 cm³/mol. The first-order chi connectivity index (χ1) is 9.99. The molecular formula is C13H15N3O5. The molecule has 0 spiro atoms. The first-order valence-electron chi connectivity index (χ1n) is 6.52. The van der Waals surface area contributed by atoms with Gasteiger partial charge in [0.1, 0.15) is 12.2 Å². The van der Waals surface area contributed by atoms with Gasteiger partial charge in [-0.05, 0) is 25.0 Å². The van der Waals surface area contributed by atoms with Gasteiger partial charge in [-0.25, -0.2) is 0 Å². The molecule has 1 aliphatic heterocycles. The molecule has 1 aromatic rings. The van der Waals surface area contributed by atoms with Crippen LogP contribution in [0.4, 0.5) is 11.4 Å². The molecule has 1 amide bonds. The van der Waals surface area contributed by atoms with Crippen LogP contribution in [0.1, 0.15) is 23.2 Å². The molecule has 1 saturated heterocycles. The summed E-state index contributed by atoms with van der Waals surface area (Å²) in [6, 6.07) is 4.20. The van der Waals surface area contributed by atoms with Crippen molar-refractivity contribution in [3.05, 3.63) is 33.9 Å². The first-order valence-corrected chi connectivity index (χ1v) is 6.52. The highest BCUT2D eigenvalue weighted by molar-refractivity contribution is 5.97. The normalized spacial score (nSPS) is 14.0. The second-order valence-electron chi connectivity index (χ2n) is 4.73. The van der Waals surface area contributed by atoms with E-state index in [9.17, 15) is 19.7 Å². The highest BCUT2D eigenvalue weighted by Gasteiger charge is 2.23. The fourth-order valence-electron chi connectivity index (χ4n) is 2.29. The number of nitro benzene ring substituents is 1. The van der Waals surface area contributed by atoms with Crippen LogP contribution in [0.5, 0.6) is 0 Å².